The third kappa shape index (κ3) is 7.48. The molecule has 51 heavy (non-hydrogen) atoms. The van der Waals surface area contributed by atoms with Crippen LogP contribution in [0.15, 0.2) is 78.5 Å². The minimum absolute atomic E-state index is 0.192. The molecular formula is C46H60N2O3. The van der Waals surface area contributed by atoms with Gasteiger partial charge in [-0.1, -0.05) is 102 Å². The molecule has 5 heteroatoms. The largest absolute Gasteiger partial charge is 0.460 e. The van der Waals surface area contributed by atoms with Crippen LogP contribution in [-0.2, 0) is 9.47 Å². The van der Waals surface area contributed by atoms with Crippen molar-refractivity contribution in [3.8, 4) is 22.6 Å². The predicted molar refractivity (Wildman–Crippen MR) is 206 cm³/mol. The molecule has 2 heterocycles. The van der Waals surface area contributed by atoms with Crippen LogP contribution in [0, 0.1) is 46.3 Å². The maximum absolute atomic E-state index is 13.3. The van der Waals surface area contributed by atoms with Crippen molar-refractivity contribution in [2.45, 2.75) is 111 Å². The van der Waals surface area contributed by atoms with Crippen molar-refractivity contribution in [1.29, 1.82) is 0 Å². The molecule has 0 aliphatic heterocycles. The number of pyridine rings is 2. The lowest BCUT2D eigenvalue weighted by atomic mass is 9.47. The smallest absolute Gasteiger partial charge is 0.338 e. The molecule has 2 aromatic heterocycles. The van der Waals surface area contributed by atoms with E-state index in [9.17, 15) is 4.79 Å². The number of esters is 1. The summed E-state index contributed by atoms with van der Waals surface area (Å²) in [6, 6.07) is 19.2. The third-order valence-electron chi connectivity index (χ3n) is 14.0. The summed E-state index contributed by atoms with van der Waals surface area (Å²) in [5.74, 6) is 4.75. The highest BCUT2D eigenvalue weighted by Crippen LogP contribution is 2.67. The molecule has 0 bridgehead atoms. The van der Waals surface area contributed by atoms with E-state index in [-0.39, 0.29) is 18.7 Å². The van der Waals surface area contributed by atoms with Crippen LogP contribution >= 0.6 is 0 Å². The van der Waals surface area contributed by atoms with Gasteiger partial charge in [0.2, 0.25) is 0 Å². The average Bonchev–Trinajstić information content (AvgIpc) is 3.51. The first kappa shape index (κ1) is 36.1. The molecule has 3 fully saturated rings. The number of carbonyl (C=O) groups excluding carboxylic acids is 1. The minimum atomic E-state index is -0.365. The average molecular weight is 689 g/mol. The molecule has 5 nitrogen and oxygen atoms in total. The van der Waals surface area contributed by atoms with Crippen molar-refractivity contribution in [2.75, 3.05) is 13.2 Å². The fourth-order valence-corrected chi connectivity index (χ4v) is 11.3. The summed E-state index contributed by atoms with van der Waals surface area (Å²) in [5.41, 5.74) is 5.97. The van der Waals surface area contributed by atoms with Crippen LogP contribution in [0.3, 0.4) is 0 Å². The van der Waals surface area contributed by atoms with E-state index in [0.717, 1.165) is 65.3 Å². The Labute approximate surface area is 307 Å². The van der Waals surface area contributed by atoms with Crippen molar-refractivity contribution in [1.82, 2.24) is 9.97 Å². The second kappa shape index (κ2) is 15.3. The van der Waals surface area contributed by atoms with Crippen molar-refractivity contribution >= 4 is 5.97 Å². The Kier molecular flexibility index (Phi) is 10.9. The van der Waals surface area contributed by atoms with Gasteiger partial charge in [-0.25, -0.2) is 9.78 Å². The Hall–Kier alpha value is -3.31. The van der Waals surface area contributed by atoms with E-state index in [1.165, 1.54) is 57.8 Å². The van der Waals surface area contributed by atoms with Crippen LogP contribution in [-0.4, -0.2) is 35.3 Å². The van der Waals surface area contributed by atoms with E-state index in [1.807, 2.05) is 54.6 Å². The first-order valence-corrected chi connectivity index (χ1v) is 20.1. The summed E-state index contributed by atoms with van der Waals surface area (Å²) in [6.45, 7) is 13.2. The van der Waals surface area contributed by atoms with E-state index >= 15 is 0 Å². The summed E-state index contributed by atoms with van der Waals surface area (Å²) in [6.07, 6.45) is 19.0. The van der Waals surface area contributed by atoms with Crippen LogP contribution in [0.2, 0.25) is 0 Å². The summed E-state index contributed by atoms with van der Waals surface area (Å²) in [7, 11) is 0. The Bertz CT molecular complexity index is 1610. The molecule has 4 aliphatic rings. The van der Waals surface area contributed by atoms with E-state index in [1.54, 1.807) is 17.8 Å². The van der Waals surface area contributed by atoms with Crippen LogP contribution in [0.5, 0.6) is 0 Å². The lowest BCUT2D eigenvalue weighted by Crippen LogP contribution is -2.51. The van der Waals surface area contributed by atoms with Crippen molar-refractivity contribution in [2.24, 2.45) is 46.3 Å². The van der Waals surface area contributed by atoms with Crippen LogP contribution in [0.4, 0.5) is 0 Å². The van der Waals surface area contributed by atoms with E-state index in [4.69, 9.17) is 14.5 Å². The predicted octanol–water partition coefficient (Wildman–Crippen LogP) is 11.4. The number of nitrogens with zero attached hydrogens (tertiary/aromatic N) is 2. The Morgan fingerprint density at radius 1 is 0.863 bits per heavy atom. The molecule has 1 aromatic carbocycles. The molecule has 0 unspecified atom stereocenters. The van der Waals surface area contributed by atoms with Gasteiger partial charge in [-0.15, -0.1) is 0 Å². The van der Waals surface area contributed by atoms with Crippen molar-refractivity contribution in [3.63, 3.8) is 0 Å². The summed E-state index contributed by atoms with van der Waals surface area (Å²) in [4.78, 5) is 22.6. The van der Waals surface area contributed by atoms with Gasteiger partial charge in [0.15, 0.2) is 0 Å². The maximum atomic E-state index is 13.3. The fraction of sp³-hybridized carbons (Fsp3) is 0.587. The molecule has 0 spiro atoms. The van der Waals surface area contributed by atoms with Gasteiger partial charge in [-0.05, 0) is 122 Å². The summed E-state index contributed by atoms with van der Waals surface area (Å²) < 4.78 is 12.2. The lowest BCUT2D eigenvalue weighted by molar-refractivity contribution is -0.0664. The third-order valence-corrected chi connectivity index (χ3v) is 14.0. The number of benzene rings is 1. The first-order chi connectivity index (χ1) is 24.7. The maximum Gasteiger partial charge on any atom is 0.338 e. The van der Waals surface area contributed by atoms with Crippen molar-refractivity contribution in [3.05, 3.63) is 84.1 Å². The van der Waals surface area contributed by atoms with Gasteiger partial charge in [-0.2, -0.15) is 0 Å². The summed E-state index contributed by atoms with van der Waals surface area (Å²) >= 11 is 0. The van der Waals surface area contributed by atoms with Crippen molar-refractivity contribution < 1.29 is 14.3 Å². The molecule has 3 aromatic rings. The monoisotopic (exact) mass is 688 g/mol. The lowest BCUT2D eigenvalue weighted by Gasteiger charge is -2.58. The number of fused-ring (bicyclic) bond motifs is 5. The van der Waals surface area contributed by atoms with E-state index < -0.39 is 0 Å². The SMILES string of the molecule is CC(C)CCC[C@@H](C)[C@H]1CC[C@H]2[C@@H]3CC=C4C[C@@H](OCCOC(=O)c5cc(-c6ccccc6)nc(-c6ccccn6)c5)CC[C@]4(C)[C@H]3CC[C@]12C. The number of hydrogen-bond donors (Lipinski definition) is 0. The van der Waals surface area contributed by atoms with Gasteiger partial charge in [0.1, 0.15) is 6.61 Å². The molecule has 0 radical (unpaired) electrons. The zero-order valence-corrected chi connectivity index (χ0v) is 31.8. The normalized spacial score (nSPS) is 30.5. The standard InChI is InChI=1S/C46H60N2O3/c1-31(2)12-11-13-32(3)38-19-20-39-37-18-17-35-30-36(21-23-45(35,4)40(37)22-24-46(38,39)5)50-26-27-51-44(49)34-28-42(33-14-7-6-8-15-33)48-43(29-34)41-16-9-10-25-47-41/h6-10,14-17,25,28-29,31-32,36-40H,11-13,18-24,26-27,30H2,1-5H3/t32-,36+,37+,38-,39+,40+,45+,46-/m1/s1. The second-order valence-corrected chi connectivity index (χ2v) is 17.4. The number of allylic oxidation sites excluding steroid dienone is 1. The number of ether oxygens (including phenoxy) is 2. The zero-order valence-electron chi connectivity index (χ0n) is 31.8. The van der Waals surface area contributed by atoms with E-state index in [2.05, 4.69) is 45.7 Å². The van der Waals surface area contributed by atoms with Gasteiger partial charge in [-0.3, -0.25) is 4.98 Å². The molecule has 3 saturated carbocycles. The molecule has 4 aliphatic carbocycles. The molecule has 7 rings (SSSR count). The molecular weight excluding hydrogens is 629 g/mol. The molecule has 0 N–H and O–H groups in total. The molecule has 8 atom stereocenters. The van der Waals surface area contributed by atoms with Crippen LogP contribution in [0.25, 0.3) is 22.6 Å². The van der Waals surface area contributed by atoms with Gasteiger partial charge >= 0.3 is 5.97 Å². The summed E-state index contributed by atoms with van der Waals surface area (Å²) in [5, 5.41) is 0. The fourth-order valence-electron chi connectivity index (χ4n) is 11.3. The number of rotatable bonds is 12. The highest BCUT2D eigenvalue weighted by molar-refractivity contribution is 5.92. The number of aromatic nitrogens is 2. The quantitative estimate of drug-likeness (QED) is 0.108. The first-order valence-electron chi connectivity index (χ1n) is 20.1. The molecule has 272 valence electrons. The van der Waals surface area contributed by atoms with Gasteiger partial charge in [0, 0.05) is 11.8 Å². The van der Waals surface area contributed by atoms with Crippen LogP contribution in [0.1, 0.15) is 116 Å². The Morgan fingerprint density at radius 3 is 2.45 bits per heavy atom. The van der Waals surface area contributed by atoms with Gasteiger partial charge in [0.05, 0.1) is 35.4 Å². The topological polar surface area (TPSA) is 61.3 Å². The Balaban J connectivity index is 0.941. The second-order valence-electron chi connectivity index (χ2n) is 17.4. The molecule has 0 amide bonds. The number of carbonyl (C=O) groups is 1. The van der Waals surface area contributed by atoms with Crippen LogP contribution < -0.4 is 0 Å². The van der Waals surface area contributed by atoms with E-state index in [0.29, 0.717) is 28.7 Å². The Morgan fingerprint density at radius 2 is 1.67 bits per heavy atom. The van der Waals surface area contributed by atoms with Gasteiger partial charge < -0.3 is 9.47 Å². The highest BCUT2D eigenvalue weighted by Gasteiger charge is 2.59. The molecule has 0 saturated heterocycles. The minimum Gasteiger partial charge on any atom is -0.460 e. The zero-order chi connectivity index (χ0) is 35.6. The number of hydrogen-bond acceptors (Lipinski definition) is 5. The highest BCUT2D eigenvalue weighted by atomic mass is 16.6. The van der Waals surface area contributed by atoms with Gasteiger partial charge in [0.25, 0.3) is 0 Å².